The number of anilines is 1. The maximum atomic E-state index is 11.0. The van der Waals surface area contributed by atoms with E-state index in [1.165, 1.54) is 33.6 Å². The lowest BCUT2D eigenvalue weighted by Crippen LogP contribution is -2.38. The number of nitrogens with zero attached hydrogens (tertiary/aromatic N) is 7. The van der Waals surface area contributed by atoms with Crippen molar-refractivity contribution in [2.75, 3.05) is 31.1 Å². The summed E-state index contributed by atoms with van der Waals surface area (Å²) in [6, 6.07) is 25.0. The fourth-order valence-electron chi connectivity index (χ4n) is 8.85. The maximum absolute atomic E-state index is 11.0. The van der Waals surface area contributed by atoms with Gasteiger partial charge in [0.2, 0.25) is 0 Å². The first-order valence-electron chi connectivity index (χ1n) is 19.5. The Kier molecular flexibility index (Phi) is 14.8. The predicted molar refractivity (Wildman–Crippen MR) is 231 cm³/mol. The van der Waals surface area contributed by atoms with E-state index in [2.05, 4.69) is 100.0 Å². The molecule has 4 atom stereocenters. The highest BCUT2D eigenvalue weighted by atomic mass is 35.5. The predicted octanol–water partition coefficient (Wildman–Crippen LogP) is 8.30. The van der Waals surface area contributed by atoms with E-state index in [-0.39, 0.29) is 49.1 Å². The first-order valence-corrected chi connectivity index (χ1v) is 19.9. The summed E-state index contributed by atoms with van der Waals surface area (Å²) in [7, 11) is 0. The molecule has 300 valence electrons. The van der Waals surface area contributed by atoms with Gasteiger partial charge in [0, 0.05) is 59.7 Å². The van der Waals surface area contributed by atoms with Crippen LogP contribution in [0.2, 0.25) is 5.02 Å². The molecule has 0 radical (unpaired) electrons. The third-order valence-electron chi connectivity index (χ3n) is 11.8. The largest absolute Gasteiger partial charge is 0.393 e. The number of hydrogen-bond donors (Lipinski definition) is 3. The Morgan fingerprint density at radius 2 is 1.07 bits per heavy atom. The van der Waals surface area contributed by atoms with Gasteiger partial charge in [-0.25, -0.2) is 9.97 Å². The molecule has 4 aliphatic rings. The fourth-order valence-corrected chi connectivity index (χ4v) is 8.96. The highest BCUT2D eigenvalue weighted by Crippen LogP contribution is 2.43. The van der Waals surface area contributed by atoms with Gasteiger partial charge in [-0.05, 0) is 98.8 Å². The molecule has 6 aromatic rings. The lowest BCUT2D eigenvalue weighted by molar-refractivity contribution is 0.0722. The van der Waals surface area contributed by atoms with Crippen molar-refractivity contribution >= 4 is 42.1 Å². The van der Waals surface area contributed by atoms with Crippen molar-refractivity contribution in [2.24, 2.45) is 11.8 Å². The molecule has 4 aromatic heterocycles. The smallest absolute Gasteiger partial charge is 0.0956 e. The van der Waals surface area contributed by atoms with Crippen LogP contribution in [-0.4, -0.2) is 77.7 Å². The molecular weight excluding hydrogens is 779 g/mol. The summed E-state index contributed by atoms with van der Waals surface area (Å²) in [5.74, 6) is 0.772. The number of nitrogens with one attached hydrogen (secondary N) is 1. The van der Waals surface area contributed by atoms with E-state index in [0.717, 1.165) is 75.4 Å². The average Bonchev–Trinajstić information content (AvgIpc) is 4.04. The van der Waals surface area contributed by atoms with Crippen molar-refractivity contribution in [2.45, 2.75) is 62.8 Å². The lowest BCUT2D eigenvalue weighted by atomic mass is 9.86. The number of piperidine rings is 2. The second kappa shape index (κ2) is 19.9. The van der Waals surface area contributed by atoms with Gasteiger partial charge in [-0.15, -0.1) is 24.8 Å². The lowest BCUT2D eigenvalue weighted by Gasteiger charge is -2.36. The van der Waals surface area contributed by atoms with Crippen LogP contribution in [0.25, 0.3) is 22.5 Å². The van der Waals surface area contributed by atoms with Crippen molar-refractivity contribution in [1.82, 2.24) is 34.4 Å². The molecule has 4 unspecified atom stereocenters. The van der Waals surface area contributed by atoms with Gasteiger partial charge in [-0.1, -0.05) is 60.1 Å². The summed E-state index contributed by atoms with van der Waals surface area (Å²) in [5, 5.41) is 25.8. The quantitative estimate of drug-likeness (QED) is 0.147. The standard InChI is InChI=1S/C22H24N4O.C17H21N3O.C5H4ClN.2ClH/c27-22(16-7-11-25(12-8-16)17-5-9-23-10-6-17)13-20-18-3-1-2-4-19(18)21-14-24-15-26(20)21;21-17(12-5-7-18-8-6-12)9-15-13-3-1-2-4-14(13)16-10-19-11-20(15)16;6-5-1-3-7-4-2-5;;/h1-6,9-10,14-16,20,22,27H,7-8,11-13H2;1-4,10-12,15,17-18,21H,5-9H2;1-4H;2*1H. The number of halogens is 3. The monoisotopic (exact) mass is 828 g/mol. The van der Waals surface area contributed by atoms with Gasteiger partial charge in [0.15, 0.2) is 0 Å². The van der Waals surface area contributed by atoms with E-state index in [1.54, 1.807) is 24.5 Å². The zero-order valence-electron chi connectivity index (χ0n) is 31.8. The highest BCUT2D eigenvalue weighted by molar-refractivity contribution is 6.30. The minimum absolute atomic E-state index is 0. The van der Waals surface area contributed by atoms with E-state index in [1.807, 2.05) is 37.4 Å². The SMILES string of the molecule is Cl.Cl.Clc1ccncc1.OC(CC1c2ccccc2-c2cncn21)C1CCN(c2ccncc2)CC1.OC(CC1c2ccccc2-c2cncn21)C1CCNCC1. The normalized spacial score (nSPS) is 19.1. The summed E-state index contributed by atoms with van der Waals surface area (Å²) in [6.45, 7) is 4.03. The molecule has 2 aromatic carbocycles. The number of aliphatic hydroxyl groups is 2. The second-order valence-corrected chi connectivity index (χ2v) is 15.4. The number of imidazole rings is 2. The van der Waals surface area contributed by atoms with E-state index in [9.17, 15) is 10.2 Å². The third kappa shape index (κ3) is 9.54. The zero-order chi connectivity index (χ0) is 37.6. The Bertz CT molecular complexity index is 2120. The summed E-state index contributed by atoms with van der Waals surface area (Å²) in [4.78, 5) is 18.9. The van der Waals surface area contributed by atoms with Crippen LogP contribution >= 0.6 is 36.4 Å². The van der Waals surface area contributed by atoms with Crippen LogP contribution in [0.15, 0.2) is 123 Å². The molecule has 0 aliphatic carbocycles. The van der Waals surface area contributed by atoms with Gasteiger partial charge >= 0.3 is 0 Å². The van der Waals surface area contributed by atoms with Crippen molar-refractivity contribution in [3.63, 3.8) is 0 Å². The number of pyridine rings is 2. The topological polar surface area (TPSA) is 117 Å². The van der Waals surface area contributed by atoms with Gasteiger partial charge in [0.05, 0.1) is 60.7 Å². The minimum atomic E-state index is -0.295. The number of hydrogen-bond acceptors (Lipinski definition) is 8. The Morgan fingerprint density at radius 1 is 0.614 bits per heavy atom. The summed E-state index contributed by atoms with van der Waals surface area (Å²) >= 11 is 5.50. The fraction of sp³-hybridized carbons (Fsp3) is 0.364. The zero-order valence-corrected chi connectivity index (χ0v) is 34.2. The van der Waals surface area contributed by atoms with E-state index in [0.29, 0.717) is 11.8 Å². The van der Waals surface area contributed by atoms with Gasteiger partial charge in [0.25, 0.3) is 0 Å². The molecule has 13 heteroatoms. The molecular formula is C44H51Cl3N8O2. The van der Waals surface area contributed by atoms with Gasteiger partial charge in [-0.2, -0.15) is 0 Å². The molecule has 10 rings (SSSR count). The van der Waals surface area contributed by atoms with Gasteiger partial charge < -0.3 is 29.6 Å². The van der Waals surface area contributed by atoms with E-state index >= 15 is 0 Å². The summed E-state index contributed by atoms with van der Waals surface area (Å²) < 4.78 is 4.44. The Morgan fingerprint density at radius 3 is 1.54 bits per heavy atom. The summed E-state index contributed by atoms with van der Waals surface area (Å²) in [5.41, 5.74) is 8.71. The summed E-state index contributed by atoms with van der Waals surface area (Å²) in [6.07, 6.45) is 19.8. The molecule has 10 nitrogen and oxygen atoms in total. The maximum Gasteiger partial charge on any atom is 0.0956 e. The molecule has 0 spiro atoms. The molecule has 57 heavy (non-hydrogen) atoms. The van der Waals surface area contributed by atoms with Gasteiger partial charge in [-0.3, -0.25) is 9.97 Å². The van der Waals surface area contributed by atoms with E-state index in [4.69, 9.17) is 11.6 Å². The molecule has 3 N–H and O–H groups in total. The van der Waals surface area contributed by atoms with Gasteiger partial charge in [0.1, 0.15) is 0 Å². The first kappa shape index (κ1) is 42.3. The Hall–Kier alpha value is -4.29. The van der Waals surface area contributed by atoms with Crippen LogP contribution in [0, 0.1) is 11.8 Å². The van der Waals surface area contributed by atoms with Crippen LogP contribution in [-0.2, 0) is 0 Å². The second-order valence-electron chi connectivity index (χ2n) is 15.0. The molecule has 2 saturated heterocycles. The number of fused-ring (bicyclic) bond motifs is 6. The number of benzene rings is 2. The Labute approximate surface area is 352 Å². The highest BCUT2D eigenvalue weighted by Gasteiger charge is 2.34. The number of rotatable bonds is 7. The molecule has 4 aliphatic heterocycles. The van der Waals surface area contributed by atoms with E-state index < -0.39 is 0 Å². The average molecular weight is 830 g/mol. The van der Waals surface area contributed by atoms with Crippen LogP contribution in [0.5, 0.6) is 0 Å². The van der Waals surface area contributed by atoms with Crippen LogP contribution in [0.1, 0.15) is 61.7 Å². The van der Waals surface area contributed by atoms with Crippen LogP contribution in [0.4, 0.5) is 5.69 Å². The molecule has 0 saturated carbocycles. The van der Waals surface area contributed by atoms with Crippen molar-refractivity contribution in [1.29, 1.82) is 0 Å². The first-order chi connectivity index (χ1) is 27.0. The van der Waals surface area contributed by atoms with Crippen molar-refractivity contribution in [3.8, 4) is 22.5 Å². The van der Waals surface area contributed by atoms with Crippen molar-refractivity contribution < 1.29 is 10.2 Å². The molecule has 2 fully saturated rings. The van der Waals surface area contributed by atoms with Crippen LogP contribution < -0.4 is 10.2 Å². The number of aliphatic hydroxyl groups excluding tert-OH is 2. The minimum Gasteiger partial charge on any atom is -0.393 e. The van der Waals surface area contributed by atoms with Crippen LogP contribution in [0.3, 0.4) is 0 Å². The molecule has 0 amide bonds. The third-order valence-corrected chi connectivity index (χ3v) is 12.1. The molecule has 8 heterocycles. The van der Waals surface area contributed by atoms with Crippen molar-refractivity contribution in [3.05, 3.63) is 139 Å². The number of aromatic nitrogens is 6. The Balaban J connectivity index is 0.000000163. The molecule has 0 bridgehead atoms.